The van der Waals surface area contributed by atoms with E-state index in [1.807, 2.05) is 19.1 Å². The van der Waals surface area contributed by atoms with Gasteiger partial charge in [-0.3, -0.25) is 4.79 Å². The first-order valence-electron chi connectivity index (χ1n) is 6.08. The molecule has 0 radical (unpaired) electrons. The van der Waals surface area contributed by atoms with Crippen LogP contribution in [0.3, 0.4) is 0 Å². The number of ether oxygens (including phenoxy) is 1. The van der Waals surface area contributed by atoms with Crippen molar-refractivity contribution in [3.63, 3.8) is 0 Å². The molecule has 4 heteroatoms. The highest BCUT2D eigenvalue weighted by Gasteiger charge is 2.15. The van der Waals surface area contributed by atoms with Crippen molar-refractivity contribution >= 4 is 22.8 Å². The van der Waals surface area contributed by atoms with Crippen molar-refractivity contribution < 1.29 is 14.3 Å². The van der Waals surface area contributed by atoms with Gasteiger partial charge in [-0.25, -0.2) is 4.79 Å². The first-order valence-corrected chi connectivity index (χ1v) is 6.89. The van der Waals surface area contributed by atoms with Gasteiger partial charge in [0.05, 0.1) is 12.7 Å². The molecule has 0 atom stereocenters. The van der Waals surface area contributed by atoms with E-state index in [0.29, 0.717) is 16.0 Å². The Bertz CT molecular complexity index is 632. The highest BCUT2D eigenvalue weighted by atomic mass is 32.2. The normalized spacial score (nSPS) is 10.1. The fraction of sp³-hybridized carbons (Fsp3) is 0.125. The molecule has 20 heavy (non-hydrogen) atoms. The first-order chi connectivity index (χ1) is 9.61. The van der Waals surface area contributed by atoms with Crippen LogP contribution in [0.5, 0.6) is 0 Å². The lowest BCUT2D eigenvalue weighted by atomic mass is 10.2. The van der Waals surface area contributed by atoms with Crippen molar-refractivity contribution in [3.8, 4) is 0 Å². The Balaban J connectivity index is 2.24. The van der Waals surface area contributed by atoms with Gasteiger partial charge in [-0.2, -0.15) is 0 Å². The smallest absolute Gasteiger partial charge is 0.339 e. The van der Waals surface area contributed by atoms with E-state index in [1.165, 1.54) is 7.11 Å². The number of rotatable bonds is 3. The van der Waals surface area contributed by atoms with Gasteiger partial charge in [0, 0.05) is 10.5 Å². The summed E-state index contributed by atoms with van der Waals surface area (Å²) in [5.74, 6) is -0.440. The third-order valence-electron chi connectivity index (χ3n) is 2.78. The second-order valence-corrected chi connectivity index (χ2v) is 5.26. The molecule has 0 aliphatic rings. The van der Waals surface area contributed by atoms with Crippen LogP contribution in [-0.2, 0) is 4.74 Å². The third kappa shape index (κ3) is 3.27. The Hall–Kier alpha value is -2.07. The molecule has 0 fully saturated rings. The monoisotopic (exact) mass is 286 g/mol. The molecule has 0 saturated heterocycles. The van der Waals surface area contributed by atoms with Crippen molar-refractivity contribution in [2.45, 2.75) is 11.8 Å². The molecule has 102 valence electrons. The lowest BCUT2D eigenvalue weighted by molar-refractivity contribution is 0.0597. The summed E-state index contributed by atoms with van der Waals surface area (Å²) in [6.45, 7) is 1.97. The van der Waals surface area contributed by atoms with Crippen molar-refractivity contribution in [2.75, 3.05) is 7.11 Å². The molecule has 2 rings (SSSR count). The number of esters is 1. The number of thioether (sulfide) groups is 1. The lowest BCUT2D eigenvalue weighted by Gasteiger charge is -2.06. The Labute approximate surface area is 122 Å². The summed E-state index contributed by atoms with van der Waals surface area (Å²) in [6.07, 6.45) is 0. The molecule has 0 spiro atoms. The molecule has 2 aromatic carbocycles. The van der Waals surface area contributed by atoms with Gasteiger partial charge in [0.2, 0.25) is 5.12 Å². The Morgan fingerprint density at radius 3 is 2.30 bits per heavy atom. The van der Waals surface area contributed by atoms with E-state index in [4.69, 9.17) is 4.74 Å². The number of aryl methyl sites for hydroxylation is 1. The summed E-state index contributed by atoms with van der Waals surface area (Å²) in [5, 5.41) is -0.0960. The Morgan fingerprint density at radius 1 is 1.00 bits per heavy atom. The summed E-state index contributed by atoms with van der Waals surface area (Å²) in [7, 11) is 1.32. The maximum absolute atomic E-state index is 12.2. The average molecular weight is 286 g/mol. The lowest BCUT2D eigenvalue weighted by Crippen LogP contribution is -2.04. The van der Waals surface area contributed by atoms with Crippen LogP contribution in [-0.4, -0.2) is 18.2 Å². The largest absolute Gasteiger partial charge is 0.465 e. The number of carbonyl (C=O) groups is 2. The van der Waals surface area contributed by atoms with Crippen molar-refractivity contribution in [2.24, 2.45) is 0 Å². The summed E-state index contributed by atoms with van der Waals surface area (Å²) >= 11 is 1.03. The van der Waals surface area contributed by atoms with E-state index < -0.39 is 5.97 Å². The molecule has 0 unspecified atom stereocenters. The summed E-state index contributed by atoms with van der Waals surface area (Å²) in [6, 6.07) is 14.3. The zero-order valence-electron chi connectivity index (χ0n) is 11.3. The molecular formula is C16H14O3S. The van der Waals surface area contributed by atoms with Gasteiger partial charge in [-0.1, -0.05) is 42.0 Å². The van der Waals surface area contributed by atoms with Gasteiger partial charge < -0.3 is 4.74 Å². The van der Waals surface area contributed by atoms with Crippen molar-refractivity contribution in [1.29, 1.82) is 0 Å². The minimum atomic E-state index is -0.440. The van der Waals surface area contributed by atoms with E-state index in [0.717, 1.165) is 17.3 Å². The van der Waals surface area contributed by atoms with Crippen LogP contribution in [0.1, 0.15) is 26.3 Å². The molecule has 0 aliphatic carbocycles. The topological polar surface area (TPSA) is 43.4 Å². The zero-order valence-corrected chi connectivity index (χ0v) is 12.1. The van der Waals surface area contributed by atoms with Gasteiger partial charge in [-0.05, 0) is 30.8 Å². The predicted octanol–water partition coefficient (Wildman–Crippen LogP) is 3.71. The standard InChI is InChI=1S/C16H14O3S/c1-11-7-9-12(10-8-11)16(18)20-14-6-4-3-5-13(14)15(17)19-2/h3-10H,1-2H3. The maximum atomic E-state index is 12.2. The number of hydrogen-bond acceptors (Lipinski definition) is 4. The number of benzene rings is 2. The minimum Gasteiger partial charge on any atom is -0.465 e. The zero-order chi connectivity index (χ0) is 14.5. The second kappa shape index (κ2) is 6.39. The number of hydrogen-bond donors (Lipinski definition) is 0. The molecular weight excluding hydrogens is 272 g/mol. The summed E-state index contributed by atoms with van der Waals surface area (Å²) in [5.41, 5.74) is 2.11. The predicted molar refractivity (Wildman–Crippen MR) is 79.1 cm³/mol. The van der Waals surface area contributed by atoms with Crippen LogP contribution in [0.4, 0.5) is 0 Å². The Morgan fingerprint density at radius 2 is 1.65 bits per heavy atom. The van der Waals surface area contributed by atoms with E-state index in [9.17, 15) is 9.59 Å². The molecule has 3 nitrogen and oxygen atoms in total. The van der Waals surface area contributed by atoms with Crippen LogP contribution in [0.25, 0.3) is 0 Å². The van der Waals surface area contributed by atoms with Crippen molar-refractivity contribution in [3.05, 3.63) is 65.2 Å². The van der Waals surface area contributed by atoms with Gasteiger partial charge in [0.25, 0.3) is 0 Å². The van der Waals surface area contributed by atoms with Crippen molar-refractivity contribution in [1.82, 2.24) is 0 Å². The molecule has 0 N–H and O–H groups in total. The van der Waals surface area contributed by atoms with Crippen LogP contribution >= 0.6 is 11.8 Å². The van der Waals surface area contributed by atoms with Gasteiger partial charge >= 0.3 is 5.97 Å². The molecule has 0 amide bonds. The highest BCUT2D eigenvalue weighted by molar-refractivity contribution is 8.14. The first kappa shape index (κ1) is 14.3. The summed E-state index contributed by atoms with van der Waals surface area (Å²) < 4.78 is 4.72. The van der Waals surface area contributed by atoms with Gasteiger partial charge in [-0.15, -0.1) is 0 Å². The van der Waals surface area contributed by atoms with Crippen LogP contribution in [0.15, 0.2) is 53.4 Å². The second-order valence-electron chi connectivity index (χ2n) is 4.24. The van der Waals surface area contributed by atoms with Crippen LogP contribution in [0, 0.1) is 6.92 Å². The van der Waals surface area contributed by atoms with Gasteiger partial charge in [0.1, 0.15) is 0 Å². The SMILES string of the molecule is COC(=O)c1ccccc1SC(=O)c1ccc(C)cc1. The quantitative estimate of drug-likeness (QED) is 0.637. The number of methoxy groups -OCH3 is 1. The fourth-order valence-electron chi connectivity index (χ4n) is 1.68. The molecule has 0 aromatic heterocycles. The van der Waals surface area contributed by atoms with Crippen LogP contribution < -0.4 is 0 Å². The van der Waals surface area contributed by atoms with E-state index in [2.05, 4.69) is 0 Å². The fourth-order valence-corrected chi connectivity index (χ4v) is 2.54. The Kier molecular flexibility index (Phi) is 4.58. The molecule has 0 bridgehead atoms. The molecule has 0 aliphatic heterocycles. The molecule has 0 saturated carbocycles. The van der Waals surface area contributed by atoms with Gasteiger partial charge in [0.15, 0.2) is 0 Å². The minimum absolute atomic E-state index is 0.0960. The van der Waals surface area contributed by atoms with E-state index in [1.54, 1.807) is 36.4 Å². The van der Waals surface area contributed by atoms with E-state index in [-0.39, 0.29) is 5.12 Å². The third-order valence-corrected chi connectivity index (χ3v) is 3.78. The van der Waals surface area contributed by atoms with Crippen LogP contribution in [0.2, 0.25) is 0 Å². The van der Waals surface area contributed by atoms with E-state index >= 15 is 0 Å². The molecule has 0 heterocycles. The molecule has 2 aromatic rings. The average Bonchev–Trinajstić information content (AvgIpc) is 2.47. The number of carbonyl (C=O) groups excluding carboxylic acids is 2. The maximum Gasteiger partial charge on any atom is 0.339 e. The highest BCUT2D eigenvalue weighted by Crippen LogP contribution is 2.26. The summed E-state index contributed by atoms with van der Waals surface area (Å²) in [4.78, 5) is 24.5.